The highest BCUT2D eigenvalue weighted by atomic mass is 16.5. The molecule has 4 rings (SSSR count). The molecule has 31 heavy (non-hydrogen) atoms. The summed E-state index contributed by atoms with van der Waals surface area (Å²) in [6, 6.07) is 13.9. The van der Waals surface area contributed by atoms with Crippen LogP contribution in [0.15, 0.2) is 42.5 Å². The Bertz CT molecular complexity index is 1010. The molecule has 1 saturated heterocycles. The van der Waals surface area contributed by atoms with Crippen LogP contribution in [0.1, 0.15) is 54.4 Å². The highest BCUT2D eigenvalue weighted by Gasteiger charge is 2.11. The average Bonchev–Trinajstić information content (AvgIpc) is 3.20. The third-order valence-electron chi connectivity index (χ3n) is 5.62. The SMILES string of the molecule is CCOC(=O)c1ccc2[nH]c(CCCOc3cccc(CN4CCCCC4)c3)nc2c1. The summed E-state index contributed by atoms with van der Waals surface area (Å²) >= 11 is 0. The van der Waals surface area contributed by atoms with Crippen molar-refractivity contribution < 1.29 is 14.3 Å². The first-order valence-electron chi connectivity index (χ1n) is 11.3. The lowest BCUT2D eigenvalue weighted by atomic mass is 10.1. The molecule has 0 unspecified atom stereocenters. The normalized spacial score (nSPS) is 14.6. The van der Waals surface area contributed by atoms with Crippen molar-refractivity contribution in [3.63, 3.8) is 0 Å². The molecule has 6 heteroatoms. The van der Waals surface area contributed by atoms with Crippen LogP contribution in [0, 0.1) is 0 Å². The molecule has 3 aromatic rings. The van der Waals surface area contributed by atoms with Gasteiger partial charge in [0.15, 0.2) is 0 Å². The molecule has 0 saturated carbocycles. The fourth-order valence-corrected chi connectivity index (χ4v) is 4.06. The standard InChI is InChI=1S/C25H31N3O3/c1-2-30-25(29)20-11-12-22-23(17-20)27-24(26-22)10-7-15-31-21-9-6-8-19(16-21)18-28-13-4-3-5-14-28/h6,8-9,11-12,16-17H,2-5,7,10,13-15,18H2,1H3,(H,26,27). The van der Waals surface area contributed by atoms with Gasteiger partial charge in [0.05, 0.1) is 29.8 Å². The number of fused-ring (bicyclic) bond motifs is 1. The van der Waals surface area contributed by atoms with Gasteiger partial charge in [-0.05, 0) is 75.2 Å². The zero-order chi connectivity index (χ0) is 21.5. The molecule has 0 spiro atoms. The molecule has 0 aliphatic carbocycles. The second-order valence-corrected chi connectivity index (χ2v) is 8.07. The van der Waals surface area contributed by atoms with Crippen LogP contribution in [-0.4, -0.2) is 47.1 Å². The number of carbonyl (C=O) groups excluding carboxylic acids is 1. The number of esters is 1. The number of imidazole rings is 1. The molecular weight excluding hydrogens is 390 g/mol. The van der Waals surface area contributed by atoms with Crippen LogP contribution in [-0.2, 0) is 17.7 Å². The predicted molar refractivity (Wildman–Crippen MR) is 121 cm³/mol. The van der Waals surface area contributed by atoms with E-state index in [2.05, 4.69) is 33.1 Å². The summed E-state index contributed by atoms with van der Waals surface area (Å²) in [4.78, 5) is 22.4. The van der Waals surface area contributed by atoms with Gasteiger partial charge in [0.2, 0.25) is 0 Å². The number of benzene rings is 2. The van der Waals surface area contributed by atoms with Crippen LogP contribution in [0.2, 0.25) is 0 Å². The van der Waals surface area contributed by atoms with Crippen molar-refractivity contribution in [2.45, 2.75) is 45.6 Å². The Hall–Kier alpha value is -2.86. The molecule has 0 bridgehead atoms. The van der Waals surface area contributed by atoms with E-state index >= 15 is 0 Å². The molecule has 1 aromatic heterocycles. The van der Waals surface area contributed by atoms with Crippen LogP contribution < -0.4 is 4.74 Å². The number of aryl methyl sites for hydroxylation is 1. The minimum atomic E-state index is -0.315. The van der Waals surface area contributed by atoms with Crippen molar-refractivity contribution in [1.29, 1.82) is 0 Å². The molecule has 1 aliphatic heterocycles. The summed E-state index contributed by atoms with van der Waals surface area (Å²) in [7, 11) is 0. The Kier molecular flexibility index (Phi) is 7.20. The van der Waals surface area contributed by atoms with E-state index in [1.165, 1.54) is 37.9 Å². The lowest BCUT2D eigenvalue weighted by Gasteiger charge is -2.26. The van der Waals surface area contributed by atoms with Gasteiger partial charge in [-0.25, -0.2) is 9.78 Å². The quantitative estimate of drug-likeness (QED) is 0.399. The maximum absolute atomic E-state index is 11.9. The van der Waals surface area contributed by atoms with Crippen molar-refractivity contribution in [2.24, 2.45) is 0 Å². The van der Waals surface area contributed by atoms with Crippen LogP contribution in [0.5, 0.6) is 5.75 Å². The van der Waals surface area contributed by atoms with Crippen LogP contribution in [0.3, 0.4) is 0 Å². The molecule has 164 valence electrons. The topological polar surface area (TPSA) is 67.5 Å². The Morgan fingerprint density at radius 1 is 1.13 bits per heavy atom. The van der Waals surface area contributed by atoms with Crippen molar-refractivity contribution in [2.75, 3.05) is 26.3 Å². The fourth-order valence-electron chi connectivity index (χ4n) is 4.06. The molecule has 0 radical (unpaired) electrons. The summed E-state index contributed by atoms with van der Waals surface area (Å²) < 4.78 is 11.0. The van der Waals surface area contributed by atoms with Gasteiger partial charge in [0, 0.05) is 13.0 Å². The number of nitrogens with one attached hydrogen (secondary N) is 1. The number of carbonyl (C=O) groups is 1. The Morgan fingerprint density at radius 2 is 2.00 bits per heavy atom. The number of aromatic amines is 1. The molecule has 1 fully saturated rings. The summed E-state index contributed by atoms with van der Waals surface area (Å²) in [6.07, 6.45) is 5.62. The predicted octanol–water partition coefficient (Wildman–Crippen LogP) is 4.74. The summed E-state index contributed by atoms with van der Waals surface area (Å²) in [5.74, 6) is 1.52. The van der Waals surface area contributed by atoms with Crippen molar-refractivity contribution in [3.8, 4) is 5.75 Å². The number of hydrogen-bond acceptors (Lipinski definition) is 5. The van der Waals surface area contributed by atoms with E-state index in [1.54, 1.807) is 19.1 Å². The van der Waals surface area contributed by atoms with E-state index in [0.717, 1.165) is 42.0 Å². The largest absolute Gasteiger partial charge is 0.494 e. The maximum atomic E-state index is 11.9. The first-order chi connectivity index (χ1) is 15.2. The van der Waals surface area contributed by atoms with E-state index in [4.69, 9.17) is 9.47 Å². The number of likely N-dealkylation sites (tertiary alicyclic amines) is 1. The number of hydrogen-bond donors (Lipinski definition) is 1. The fraction of sp³-hybridized carbons (Fsp3) is 0.440. The average molecular weight is 422 g/mol. The third-order valence-corrected chi connectivity index (χ3v) is 5.62. The molecule has 1 N–H and O–H groups in total. The minimum absolute atomic E-state index is 0.315. The van der Waals surface area contributed by atoms with Gasteiger partial charge < -0.3 is 14.5 Å². The number of aromatic nitrogens is 2. The molecule has 0 atom stereocenters. The molecule has 2 heterocycles. The van der Waals surface area contributed by atoms with Gasteiger partial charge in [0.25, 0.3) is 0 Å². The first kappa shape index (κ1) is 21.4. The van der Waals surface area contributed by atoms with Crippen molar-refractivity contribution in [3.05, 3.63) is 59.4 Å². The Labute approximate surface area is 183 Å². The molecule has 0 amide bonds. The first-order valence-corrected chi connectivity index (χ1v) is 11.3. The second-order valence-electron chi connectivity index (χ2n) is 8.07. The number of H-pyrrole nitrogens is 1. The van der Waals surface area contributed by atoms with E-state index in [1.807, 2.05) is 12.1 Å². The van der Waals surface area contributed by atoms with E-state index in [0.29, 0.717) is 18.8 Å². The van der Waals surface area contributed by atoms with Crippen molar-refractivity contribution in [1.82, 2.24) is 14.9 Å². The minimum Gasteiger partial charge on any atom is -0.494 e. The third kappa shape index (κ3) is 5.85. The summed E-state index contributed by atoms with van der Waals surface area (Å²) in [5, 5.41) is 0. The molecule has 6 nitrogen and oxygen atoms in total. The highest BCUT2D eigenvalue weighted by molar-refractivity contribution is 5.93. The molecular formula is C25H31N3O3. The van der Waals surface area contributed by atoms with Gasteiger partial charge in [-0.1, -0.05) is 18.6 Å². The van der Waals surface area contributed by atoms with Gasteiger partial charge in [-0.15, -0.1) is 0 Å². The van der Waals surface area contributed by atoms with Gasteiger partial charge in [0.1, 0.15) is 11.6 Å². The van der Waals surface area contributed by atoms with E-state index in [-0.39, 0.29) is 5.97 Å². The van der Waals surface area contributed by atoms with Crippen LogP contribution in [0.4, 0.5) is 0 Å². The smallest absolute Gasteiger partial charge is 0.338 e. The number of nitrogens with zero attached hydrogens (tertiary/aromatic N) is 2. The highest BCUT2D eigenvalue weighted by Crippen LogP contribution is 2.19. The van der Waals surface area contributed by atoms with Crippen molar-refractivity contribution >= 4 is 17.0 Å². The monoisotopic (exact) mass is 421 g/mol. The Balaban J connectivity index is 1.27. The molecule has 2 aromatic carbocycles. The second kappa shape index (κ2) is 10.4. The summed E-state index contributed by atoms with van der Waals surface area (Å²) in [6.45, 7) is 6.20. The number of rotatable bonds is 9. The van der Waals surface area contributed by atoms with Gasteiger partial charge in [-0.3, -0.25) is 4.90 Å². The zero-order valence-corrected chi connectivity index (χ0v) is 18.2. The zero-order valence-electron chi connectivity index (χ0n) is 18.2. The maximum Gasteiger partial charge on any atom is 0.338 e. The van der Waals surface area contributed by atoms with Gasteiger partial charge >= 0.3 is 5.97 Å². The Morgan fingerprint density at radius 3 is 2.84 bits per heavy atom. The van der Waals surface area contributed by atoms with Crippen LogP contribution >= 0.6 is 0 Å². The van der Waals surface area contributed by atoms with E-state index in [9.17, 15) is 4.79 Å². The lowest BCUT2D eigenvalue weighted by molar-refractivity contribution is 0.0526. The summed E-state index contributed by atoms with van der Waals surface area (Å²) in [5.41, 5.74) is 3.55. The van der Waals surface area contributed by atoms with Gasteiger partial charge in [-0.2, -0.15) is 0 Å². The molecule has 1 aliphatic rings. The van der Waals surface area contributed by atoms with E-state index < -0.39 is 0 Å². The van der Waals surface area contributed by atoms with Crippen LogP contribution in [0.25, 0.3) is 11.0 Å². The lowest BCUT2D eigenvalue weighted by Crippen LogP contribution is -2.29. The number of ether oxygens (including phenoxy) is 2. The number of piperidine rings is 1.